The van der Waals surface area contributed by atoms with Crippen molar-refractivity contribution >= 4 is 7.82 Å². The van der Waals surface area contributed by atoms with Crippen molar-refractivity contribution < 1.29 is 54.0 Å². The summed E-state index contributed by atoms with van der Waals surface area (Å²) in [7, 11) is -5.99. The van der Waals surface area contributed by atoms with E-state index >= 15 is 0 Å². The van der Waals surface area contributed by atoms with Gasteiger partial charge in [0.15, 0.2) is 5.60 Å². The second kappa shape index (κ2) is 5.51. The lowest BCUT2D eigenvalue weighted by Gasteiger charge is -2.33. The number of phosphoric ester groups is 1. The molecule has 4 nitrogen and oxygen atoms in total. The van der Waals surface area contributed by atoms with Crippen LogP contribution in [0.4, 0.5) is 35.1 Å². The molecule has 0 fully saturated rings. The molecule has 0 aliphatic heterocycles. The van der Waals surface area contributed by atoms with E-state index in [4.69, 9.17) is 9.79 Å². The van der Waals surface area contributed by atoms with E-state index in [0.29, 0.717) is 0 Å². The monoisotopic (exact) mass is 326 g/mol. The Morgan fingerprint density at radius 3 is 1.42 bits per heavy atom. The van der Waals surface area contributed by atoms with Crippen LogP contribution in [0.15, 0.2) is 0 Å². The summed E-state index contributed by atoms with van der Waals surface area (Å²) < 4.78 is 111. The zero-order valence-corrected chi connectivity index (χ0v) is 9.57. The van der Waals surface area contributed by atoms with Crippen molar-refractivity contribution in [2.45, 2.75) is 37.2 Å². The third-order valence-corrected chi connectivity index (χ3v) is 2.30. The van der Waals surface area contributed by atoms with E-state index in [1.807, 2.05) is 0 Å². The highest BCUT2D eigenvalue weighted by Crippen LogP contribution is 2.51. The Labute approximate surface area is 100 Å². The zero-order valence-electron chi connectivity index (χ0n) is 8.67. The molecule has 0 heterocycles. The fourth-order valence-electron chi connectivity index (χ4n) is 1.24. The van der Waals surface area contributed by atoms with Gasteiger partial charge in [-0.2, -0.15) is 26.3 Å². The van der Waals surface area contributed by atoms with Crippen LogP contribution in [0.2, 0.25) is 0 Å². The van der Waals surface area contributed by atoms with Crippen molar-refractivity contribution in [2.75, 3.05) is 0 Å². The average molecular weight is 326 g/mol. The Hall–Kier alpha value is -0.450. The van der Waals surface area contributed by atoms with Gasteiger partial charge in [0.05, 0.1) is 12.8 Å². The third kappa shape index (κ3) is 7.65. The van der Waals surface area contributed by atoms with Gasteiger partial charge in [0.2, 0.25) is 0 Å². The highest BCUT2D eigenvalue weighted by Gasteiger charge is 2.58. The standard InChI is InChI=1S/C6H7F8O4P/c7-3(8)4(1-5(9,10)11,2-6(12,13)14)18-19(15,16)17/h3H,1-2H2,(H2,15,16,17). The molecular formula is C6H7F8O4P. The van der Waals surface area contributed by atoms with Gasteiger partial charge in [-0.1, -0.05) is 0 Å². The number of rotatable bonds is 5. The average Bonchev–Trinajstić information content (AvgIpc) is 1.91. The van der Waals surface area contributed by atoms with Crippen LogP contribution in [0, 0.1) is 0 Å². The predicted molar refractivity (Wildman–Crippen MR) is 43.2 cm³/mol. The van der Waals surface area contributed by atoms with E-state index in [1.165, 1.54) is 0 Å². The predicted octanol–water partition coefficient (Wildman–Crippen LogP) is 3.00. The molecule has 19 heavy (non-hydrogen) atoms. The zero-order chi connectivity index (χ0) is 15.7. The molecule has 0 atom stereocenters. The second-order valence-corrected chi connectivity index (χ2v) is 4.69. The lowest BCUT2D eigenvalue weighted by Crippen LogP contribution is -2.47. The van der Waals surface area contributed by atoms with Gasteiger partial charge in [0.25, 0.3) is 6.43 Å². The number of alkyl halides is 8. The van der Waals surface area contributed by atoms with Crippen LogP contribution in [-0.4, -0.2) is 34.2 Å². The Kier molecular flexibility index (Phi) is 5.37. The minimum atomic E-state index is -5.99. The van der Waals surface area contributed by atoms with Gasteiger partial charge >= 0.3 is 20.2 Å². The molecule has 13 heteroatoms. The summed E-state index contributed by atoms with van der Waals surface area (Å²) in [5, 5.41) is 0. The summed E-state index contributed by atoms with van der Waals surface area (Å²) in [6, 6.07) is 0. The molecule has 2 N–H and O–H groups in total. The smallest absolute Gasteiger partial charge is 0.303 e. The molecule has 0 radical (unpaired) electrons. The first-order valence-electron chi connectivity index (χ1n) is 4.24. The molecule has 0 saturated carbocycles. The third-order valence-electron chi connectivity index (χ3n) is 1.70. The number of phosphoric acid groups is 1. The lowest BCUT2D eigenvalue weighted by molar-refractivity contribution is -0.240. The molecule has 0 saturated heterocycles. The normalized spacial score (nSPS) is 15.1. The van der Waals surface area contributed by atoms with Gasteiger partial charge in [-0.15, -0.1) is 0 Å². The molecule has 0 aliphatic carbocycles. The molecule has 0 rings (SSSR count). The first-order valence-corrected chi connectivity index (χ1v) is 5.77. The fourth-order valence-corrected chi connectivity index (χ4v) is 1.92. The van der Waals surface area contributed by atoms with Gasteiger partial charge in [-0.25, -0.2) is 13.3 Å². The van der Waals surface area contributed by atoms with Gasteiger partial charge in [0, 0.05) is 0 Å². The largest absolute Gasteiger partial charge is 0.470 e. The summed E-state index contributed by atoms with van der Waals surface area (Å²) in [6.07, 6.45) is -21.2. The topological polar surface area (TPSA) is 66.8 Å². The minimum absolute atomic E-state index is 2.86. The van der Waals surface area contributed by atoms with Gasteiger partial charge in [-0.3, -0.25) is 4.52 Å². The molecule has 116 valence electrons. The highest BCUT2D eigenvalue weighted by atomic mass is 31.2. The Morgan fingerprint density at radius 1 is 0.947 bits per heavy atom. The molecular weight excluding hydrogens is 319 g/mol. The van der Waals surface area contributed by atoms with E-state index in [2.05, 4.69) is 4.52 Å². The molecule has 0 bridgehead atoms. The van der Waals surface area contributed by atoms with Crippen molar-refractivity contribution in [1.82, 2.24) is 0 Å². The maximum Gasteiger partial charge on any atom is 0.470 e. The number of hydrogen-bond acceptors (Lipinski definition) is 2. The number of halogens is 8. The Balaban J connectivity index is 5.55. The van der Waals surface area contributed by atoms with Crippen molar-refractivity contribution in [3.63, 3.8) is 0 Å². The first kappa shape index (κ1) is 18.6. The van der Waals surface area contributed by atoms with Crippen LogP contribution in [-0.2, 0) is 9.09 Å². The summed E-state index contributed by atoms with van der Waals surface area (Å²) in [5.74, 6) is 0. The summed E-state index contributed by atoms with van der Waals surface area (Å²) in [5.41, 5.74) is -4.39. The molecule has 0 aromatic carbocycles. The maximum atomic E-state index is 12.5. The van der Waals surface area contributed by atoms with Crippen molar-refractivity contribution in [3.05, 3.63) is 0 Å². The second-order valence-electron chi connectivity index (χ2n) is 3.53. The van der Waals surface area contributed by atoms with Crippen LogP contribution < -0.4 is 0 Å². The van der Waals surface area contributed by atoms with E-state index < -0.39 is 45.0 Å². The molecule has 0 unspecified atom stereocenters. The van der Waals surface area contributed by atoms with Gasteiger partial charge in [-0.05, 0) is 0 Å². The molecule has 0 aliphatic rings. The fraction of sp³-hybridized carbons (Fsp3) is 1.00. The minimum Gasteiger partial charge on any atom is -0.303 e. The molecule has 0 aromatic rings. The Morgan fingerprint density at radius 2 is 1.26 bits per heavy atom. The van der Waals surface area contributed by atoms with Gasteiger partial charge < -0.3 is 9.79 Å². The summed E-state index contributed by atoms with van der Waals surface area (Å²) >= 11 is 0. The molecule has 0 amide bonds. The van der Waals surface area contributed by atoms with Crippen LogP contribution in [0.3, 0.4) is 0 Å². The summed E-state index contributed by atoms with van der Waals surface area (Å²) in [6.45, 7) is 0. The van der Waals surface area contributed by atoms with Crippen LogP contribution in [0.1, 0.15) is 12.8 Å². The molecule has 0 spiro atoms. The SMILES string of the molecule is O=P(O)(O)OC(CC(F)(F)F)(CC(F)(F)F)C(F)F. The van der Waals surface area contributed by atoms with E-state index in [1.54, 1.807) is 0 Å². The maximum absolute atomic E-state index is 12.5. The van der Waals surface area contributed by atoms with E-state index in [0.717, 1.165) is 0 Å². The van der Waals surface area contributed by atoms with E-state index in [9.17, 15) is 39.7 Å². The lowest BCUT2D eigenvalue weighted by atomic mass is 9.95. The Bertz CT molecular complexity index is 328. The van der Waals surface area contributed by atoms with Gasteiger partial charge in [0.1, 0.15) is 0 Å². The van der Waals surface area contributed by atoms with Crippen molar-refractivity contribution in [3.8, 4) is 0 Å². The first-order chi connectivity index (χ1) is 8.06. The van der Waals surface area contributed by atoms with Crippen molar-refractivity contribution in [1.29, 1.82) is 0 Å². The number of hydrogen-bond donors (Lipinski definition) is 2. The highest BCUT2D eigenvalue weighted by molar-refractivity contribution is 7.46. The van der Waals surface area contributed by atoms with Crippen LogP contribution in [0.5, 0.6) is 0 Å². The van der Waals surface area contributed by atoms with Crippen LogP contribution in [0.25, 0.3) is 0 Å². The summed E-state index contributed by atoms with van der Waals surface area (Å²) in [4.78, 5) is 16.4. The van der Waals surface area contributed by atoms with E-state index in [-0.39, 0.29) is 0 Å². The quantitative estimate of drug-likeness (QED) is 0.602. The molecule has 0 aromatic heterocycles. The van der Waals surface area contributed by atoms with Crippen LogP contribution >= 0.6 is 7.82 Å². The van der Waals surface area contributed by atoms with Crippen molar-refractivity contribution in [2.24, 2.45) is 0 Å².